The van der Waals surface area contributed by atoms with E-state index in [1.807, 2.05) is 24.5 Å². The first-order valence-electron chi connectivity index (χ1n) is 6.69. The van der Waals surface area contributed by atoms with E-state index in [1.54, 1.807) is 0 Å². The molecule has 0 saturated carbocycles. The summed E-state index contributed by atoms with van der Waals surface area (Å²) in [4.78, 5) is 4.40. The second-order valence-electron chi connectivity index (χ2n) is 4.56. The Morgan fingerprint density at radius 1 is 1.33 bits per heavy atom. The predicted octanol–water partition coefficient (Wildman–Crippen LogP) is 3.50. The van der Waals surface area contributed by atoms with Gasteiger partial charge in [0.1, 0.15) is 5.82 Å². The molecule has 0 radical (unpaired) electrons. The quantitative estimate of drug-likeness (QED) is 0.830. The van der Waals surface area contributed by atoms with Gasteiger partial charge in [0.2, 0.25) is 0 Å². The fraction of sp³-hybridized carbons (Fsp3) is 0.400. The van der Waals surface area contributed by atoms with Gasteiger partial charge in [-0.2, -0.15) is 0 Å². The van der Waals surface area contributed by atoms with Gasteiger partial charge in [0.15, 0.2) is 0 Å². The third kappa shape index (κ3) is 3.13. The molecule has 3 nitrogen and oxygen atoms in total. The van der Waals surface area contributed by atoms with Crippen LogP contribution in [-0.2, 0) is 0 Å². The lowest BCUT2D eigenvalue weighted by molar-refractivity contribution is 0.519. The topological polar surface area (TPSA) is 36.4 Å². The van der Waals surface area contributed by atoms with E-state index in [0.717, 1.165) is 23.5 Å². The number of hydrogen-bond donors (Lipinski definition) is 2. The van der Waals surface area contributed by atoms with E-state index in [2.05, 4.69) is 41.6 Å². The zero-order chi connectivity index (χ0) is 12.8. The van der Waals surface area contributed by atoms with Gasteiger partial charge in [-0.05, 0) is 18.9 Å². The summed E-state index contributed by atoms with van der Waals surface area (Å²) in [5, 5.41) is 6.75. The van der Waals surface area contributed by atoms with Crippen LogP contribution >= 0.6 is 0 Å². The summed E-state index contributed by atoms with van der Waals surface area (Å²) in [7, 11) is 0. The Balaban J connectivity index is 2.00. The van der Waals surface area contributed by atoms with Gasteiger partial charge in [-0.25, -0.2) is 4.99 Å². The summed E-state index contributed by atoms with van der Waals surface area (Å²) in [6.07, 6.45) is 7.42. The Hall–Kier alpha value is -1.77. The highest BCUT2D eigenvalue weighted by Crippen LogP contribution is 2.19. The monoisotopic (exact) mass is 243 g/mol. The van der Waals surface area contributed by atoms with Gasteiger partial charge in [0.25, 0.3) is 0 Å². The summed E-state index contributed by atoms with van der Waals surface area (Å²) in [6.45, 7) is 4.42. The average Bonchev–Trinajstić information content (AvgIpc) is 2.43. The van der Waals surface area contributed by atoms with Crippen LogP contribution in [0.3, 0.4) is 0 Å². The zero-order valence-electron chi connectivity index (χ0n) is 11.1. The molecule has 1 heterocycles. The Bertz CT molecular complexity index is 449. The van der Waals surface area contributed by atoms with Gasteiger partial charge in [-0.3, -0.25) is 0 Å². The number of nitrogens with zero attached hydrogens (tertiary/aromatic N) is 1. The molecule has 1 aliphatic heterocycles. The minimum Gasteiger partial charge on any atom is -0.385 e. The molecule has 0 fully saturated rings. The summed E-state index contributed by atoms with van der Waals surface area (Å²) in [6, 6.07) is 8.71. The third-order valence-corrected chi connectivity index (χ3v) is 3.15. The third-order valence-electron chi connectivity index (χ3n) is 3.15. The van der Waals surface area contributed by atoms with E-state index in [1.165, 1.54) is 12.8 Å². The summed E-state index contributed by atoms with van der Waals surface area (Å²) in [5.74, 6) is 0.878. The number of nitrogens with one attached hydrogen (secondary N) is 2. The first kappa shape index (κ1) is 12.7. The van der Waals surface area contributed by atoms with Crippen molar-refractivity contribution >= 4 is 11.9 Å². The number of fused-ring (bicyclic) bond motifs is 1. The first-order chi connectivity index (χ1) is 8.83. The number of rotatable bonds is 5. The molecular formula is C15H21N3. The number of hydrogen-bond acceptors (Lipinski definition) is 3. The lowest BCUT2D eigenvalue weighted by Gasteiger charge is -2.18. The molecule has 2 N–H and O–H groups in total. The van der Waals surface area contributed by atoms with Crippen LogP contribution in [0.25, 0.3) is 0 Å². The molecule has 0 bridgehead atoms. The molecule has 0 aromatic heterocycles. The van der Waals surface area contributed by atoms with E-state index in [-0.39, 0.29) is 0 Å². The lowest BCUT2D eigenvalue weighted by Crippen LogP contribution is -2.24. The predicted molar refractivity (Wildman–Crippen MR) is 77.9 cm³/mol. The smallest absolute Gasteiger partial charge is 0.146 e. The van der Waals surface area contributed by atoms with Crippen molar-refractivity contribution in [2.24, 2.45) is 4.99 Å². The molecule has 1 atom stereocenters. The van der Waals surface area contributed by atoms with Gasteiger partial charge < -0.3 is 10.6 Å². The number of anilines is 1. The van der Waals surface area contributed by atoms with Crippen molar-refractivity contribution in [3.05, 3.63) is 41.8 Å². The minimum absolute atomic E-state index is 0.539. The first-order valence-corrected chi connectivity index (χ1v) is 6.69. The van der Waals surface area contributed by atoms with Gasteiger partial charge in [0.05, 0.1) is 0 Å². The molecule has 1 aromatic carbocycles. The van der Waals surface area contributed by atoms with Crippen molar-refractivity contribution < 1.29 is 0 Å². The Kier molecular flexibility index (Phi) is 4.40. The number of aliphatic imine (C=N–C) groups is 1. The lowest BCUT2D eigenvalue weighted by atomic mass is 10.1. The average molecular weight is 243 g/mol. The van der Waals surface area contributed by atoms with E-state index in [0.29, 0.717) is 6.04 Å². The number of benzene rings is 1. The van der Waals surface area contributed by atoms with Crippen LogP contribution in [0.4, 0.5) is 5.69 Å². The number of para-hydroxylation sites is 1. The maximum absolute atomic E-state index is 4.40. The van der Waals surface area contributed by atoms with Crippen LogP contribution in [0.1, 0.15) is 38.7 Å². The van der Waals surface area contributed by atoms with Crippen LogP contribution in [0, 0.1) is 0 Å². The van der Waals surface area contributed by atoms with E-state index in [9.17, 15) is 0 Å². The maximum atomic E-state index is 4.40. The Morgan fingerprint density at radius 3 is 2.94 bits per heavy atom. The van der Waals surface area contributed by atoms with Crippen molar-refractivity contribution in [1.82, 2.24) is 5.32 Å². The van der Waals surface area contributed by atoms with Crippen LogP contribution < -0.4 is 10.6 Å². The molecule has 0 spiro atoms. The fourth-order valence-electron chi connectivity index (χ4n) is 2.06. The summed E-state index contributed by atoms with van der Waals surface area (Å²) < 4.78 is 0. The molecule has 18 heavy (non-hydrogen) atoms. The summed E-state index contributed by atoms with van der Waals surface area (Å²) >= 11 is 0. The second kappa shape index (κ2) is 6.24. The molecule has 0 amide bonds. The van der Waals surface area contributed by atoms with Gasteiger partial charge in [-0.15, -0.1) is 0 Å². The molecule has 0 saturated heterocycles. The molecular weight excluding hydrogens is 222 g/mol. The molecule has 96 valence electrons. The molecule has 0 aliphatic carbocycles. The van der Waals surface area contributed by atoms with Gasteiger partial charge in [0, 0.05) is 29.7 Å². The molecule has 1 aliphatic rings. The maximum Gasteiger partial charge on any atom is 0.146 e. The van der Waals surface area contributed by atoms with Crippen molar-refractivity contribution in [2.45, 2.75) is 39.2 Å². The Morgan fingerprint density at radius 2 is 2.17 bits per heavy atom. The minimum atomic E-state index is 0.539. The van der Waals surface area contributed by atoms with Crippen molar-refractivity contribution in [3.63, 3.8) is 0 Å². The van der Waals surface area contributed by atoms with E-state index < -0.39 is 0 Å². The van der Waals surface area contributed by atoms with E-state index >= 15 is 0 Å². The summed E-state index contributed by atoms with van der Waals surface area (Å²) in [5.41, 5.74) is 2.25. The van der Waals surface area contributed by atoms with Crippen LogP contribution in [-0.4, -0.2) is 12.3 Å². The Labute approximate surface area is 109 Å². The van der Waals surface area contributed by atoms with Crippen LogP contribution in [0.15, 0.2) is 41.3 Å². The van der Waals surface area contributed by atoms with Crippen LogP contribution in [0.2, 0.25) is 0 Å². The molecule has 1 aromatic rings. The second-order valence-corrected chi connectivity index (χ2v) is 4.56. The molecule has 2 rings (SSSR count). The van der Waals surface area contributed by atoms with Crippen LogP contribution in [0.5, 0.6) is 0 Å². The van der Waals surface area contributed by atoms with E-state index in [4.69, 9.17) is 0 Å². The standard InChI is InChI=1S/C15H21N3/c1-3-7-13(4-2)16-11-15-17-10-12-8-5-6-9-14(12)18-15/h5-6,8-11,13,16,18H,3-4,7H2,1-2H3/b15-11-/t13-/m0/s1. The molecule has 3 heteroatoms. The SMILES string of the molecule is CCC[C@H](CC)N/C=C1/N=Cc2ccccc2N1. The highest BCUT2D eigenvalue weighted by Gasteiger charge is 2.07. The normalized spacial score (nSPS) is 17.1. The van der Waals surface area contributed by atoms with Crippen molar-refractivity contribution in [2.75, 3.05) is 5.32 Å². The largest absolute Gasteiger partial charge is 0.385 e. The van der Waals surface area contributed by atoms with Crippen molar-refractivity contribution in [1.29, 1.82) is 0 Å². The fourth-order valence-corrected chi connectivity index (χ4v) is 2.06. The van der Waals surface area contributed by atoms with Crippen molar-refractivity contribution in [3.8, 4) is 0 Å². The highest BCUT2D eigenvalue weighted by atomic mass is 15.1. The highest BCUT2D eigenvalue weighted by molar-refractivity contribution is 5.91. The van der Waals surface area contributed by atoms with Gasteiger partial charge in [-0.1, -0.05) is 38.5 Å². The zero-order valence-corrected chi connectivity index (χ0v) is 11.1. The molecule has 0 unspecified atom stereocenters. The van der Waals surface area contributed by atoms with Gasteiger partial charge >= 0.3 is 0 Å².